The van der Waals surface area contributed by atoms with E-state index in [1.54, 1.807) is 0 Å². The van der Waals surface area contributed by atoms with Crippen LogP contribution < -0.4 is 0 Å². The lowest BCUT2D eigenvalue weighted by Crippen LogP contribution is -2.37. The number of esters is 2. The molecule has 0 rings (SSSR count). The summed E-state index contributed by atoms with van der Waals surface area (Å²) in [6.45, 7) is 6.25. The highest BCUT2D eigenvalue weighted by Crippen LogP contribution is 2.43. The van der Waals surface area contributed by atoms with Gasteiger partial charge in [-0.15, -0.1) is 0 Å². The van der Waals surface area contributed by atoms with Gasteiger partial charge in [0.15, 0.2) is 6.10 Å². The number of likely N-dealkylation sites (N-methyl/N-ethyl adjacent to an activating group) is 1. The fourth-order valence-electron chi connectivity index (χ4n) is 5.90. The van der Waals surface area contributed by atoms with E-state index in [-0.39, 0.29) is 31.5 Å². The van der Waals surface area contributed by atoms with Crippen molar-refractivity contribution in [1.29, 1.82) is 0 Å². The minimum absolute atomic E-state index is 0.0305. The van der Waals surface area contributed by atoms with Gasteiger partial charge in [-0.2, -0.15) is 0 Å². The summed E-state index contributed by atoms with van der Waals surface area (Å²) < 4.78 is 34.5. The minimum atomic E-state index is -4.38. The molecule has 308 valence electrons. The summed E-state index contributed by atoms with van der Waals surface area (Å²) in [4.78, 5) is 35.7. The van der Waals surface area contributed by atoms with Gasteiger partial charge in [0.25, 0.3) is 0 Å². The number of unbranched alkanes of at least 4 members (excludes halogenated alkanes) is 21. The Morgan fingerprint density at radius 2 is 1.12 bits per heavy atom. The second-order valence-corrected chi connectivity index (χ2v) is 17.4. The van der Waals surface area contributed by atoms with Crippen molar-refractivity contribution in [3.63, 3.8) is 0 Å². The van der Waals surface area contributed by atoms with Crippen LogP contribution in [0.4, 0.5) is 0 Å². The molecule has 0 heterocycles. The number of ether oxygens (including phenoxy) is 2. The molecule has 0 aromatic heterocycles. The van der Waals surface area contributed by atoms with E-state index in [9.17, 15) is 19.0 Å². The first-order valence-electron chi connectivity index (χ1n) is 21.3. The molecule has 9 nitrogen and oxygen atoms in total. The monoisotopic (exact) mass is 761 g/mol. The number of hydrogen-bond acceptors (Lipinski definition) is 7. The van der Waals surface area contributed by atoms with Crippen molar-refractivity contribution in [2.24, 2.45) is 5.92 Å². The summed E-state index contributed by atoms with van der Waals surface area (Å²) in [6, 6.07) is 0. The zero-order valence-corrected chi connectivity index (χ0v) is 35.6. The molecule has 52 heavy (non-hydrogen) atoms. The third kappa shape index (κ3) is 35.8. The molecule has 0 saturated carbocycles. The highest BCUT2D eigenvalue weighted by molar-refractivity contribution is 7.47. The lowest BCUT2D eigenvalue weighted by atomic mass is 10.0. The number of phosphoric ester groups is 1. The molecule has 10 heteroatoms. The fraction of sp³-hybridized carbons (Fsp3) is 0.905. The zero-order chi connectivity index (χ0) is 38.8. The van der Waals surface area contributed by atoms with Crippen LogP contribution in [0.1, 0.15) is 188 Å². The molecule has 0 bridgehead atoms. The maximum Gasteiger partial charge on any atom is 0.472 e. The quantitative estimate of drug-likeness (QED) is 0.0218. The van der Waals surface area contributed by atoms with Gasteiger partial charge in [-0.1, -0.05) is 155 Å². The molecule has 0 saturated heterocycles. The summed E-state index contributed by atoms with van der Waals surface area (Å²) in [6.07, 6.45) is 33.5. The Balaban J connectivity index is 4.51. The first-order valence-corrected chi connectivity index (χ1v) is 22.8. The minimum Gasteiger partial charge on any atom is -0.461 e. The van der Waals surface area contributed by atoms with Gasteiger partial charge < -0.3 is 18.9 Å². The Kier molecular flexibility index (Phi) is 33.4. The Morgan fingerprint density at radius 3 is 1.62 bits per heavy atom. The molecular formula is C42H83NO8P+. The predicted molar refractivity (Wildman–Crippen MR) is 215 cm³/mol. The maximum atomic E-state index is 12.8. The lowest BCUT2D eigenvalue weighted by molar-refractivity contribution is -0.870. The summed E-state index contributed by atoms with van der Waals surface area (Å²) in [5, 5.41) is 0. The first kappa shape index (κ1) is 50.8. The van der Waals surface area contributed by atoms with Crippen molar-refractivity contribution in [3.8, 4) is 0 Å². The first-order chi connectivity index (χ1) is 24.9. The van der Waals surface area contributed by atoms with Crippen LogP contribution in [0.2, 0.25) is 0 Å². The summed E-state index contributed by atoms with van der Waals surface area (Å²) in [7, 11) is 1.47. The number of rotatable bonds is 38. The third-order valence-electron chi connectivity index (χ3n) is 9.44. The van der Waals surface area contributed by atoms with Crippen molar-refractivity contribution in [3.05, 3.63) is 12.2 Å². The SMILES string of the molecule is CCCCCCCC/C=C/CCCCCCCC(=O)OC(COC(=O)C(C)CCCCCCCCCCCCC)COP(=O)(O)OCC[N+](C)(C)C. The molecule has 0 aromatic rings. The van der Waals surface area contributed by atoms with Gasteiger partial charge in [0.05, 0.1) is 33.7 Å². The van der Waals surface area contributed by atoms with E-state index < -0.39 is 26.5 Å². The van der Waals surface area contributed by atoms with Crippen LogP contribution >= 0.6 is 7.82 Å². The largest absolute Gasteiger partial charge is 0.472 e. The highest BCUT2D eigenvalue weighted by Gasteiger charge is 2.27. The molecule has 0 aromatic carbocycles. The van der Waals surface area contributed by atoms with Gasteiger partial charge in [-0.05, 0) is 38.5 Å². The highest BCUT2D eigenvalue weighted by atomic mass is 31.2. The van der Waals surface area contributed by atoms with Gasteiger partial charge in [0.1, 0.15) is 19.8 Å². The average molecular weight is 761 g/mol. The number of allylic oxidation sites excluding steroid dienone is 2. The number of nitrogens with zero attached hydrogens (tertiary/aromatic N) is 1. The van der Waals surface area contributed by atoms with Crippen LogP contribution in [0.3, 0.4) is 0 Å². The molecule has 3 unspecified atom stereocenters. The second-order valence-electron chi connectivity index (χ2n) is 15.9. The topological polar surface area (TPSA) is 108 Å². The van der Waals surface area contributed by atoms with Gasteiger partial charge in [-0.3, -0.25) is 18.6 Å². The van der Waals surface area contributed by atoms with Crippen molar-refractivity contribution in [2.45, 2.75) is 194 Å². The summed E-state index contributed by atoms with van der Waals surface area (Å²) >= 11 is 0. The Hall–Kier alpha value is -1.25. The molecule has 3 atom stereocenters. The fourth-order valence-corrected chi connectivity index (χ4v) is 6.64. The Labute approximate surface area is 320 Å². The maximum absolute atomic E-state index is 12.8. The van der Waals surface area contributed by atoms with E-state index >= 15 is 0 Å². The molecule has 0 fully saturated rings. The average Bonchev–Trinajstić information content (AvgIpc) is 3.09. The molecule has 0 aliphatic rings. The van der Waals surface area contributed by atoms with Gasteiger partial charge >= 0.3 is 19.8 Å². The smallest absolute Gasteiger partial charge is 0.461 e. The number of carbonyl (C=O) groups excluding carboxylic acids is 2. The van der Waals surface area contributed by atoms with Crippen molar-refractivity contribution >= 4 is 19.8 Å². The van der Waals surface area contributed by atoms with Crippen molar-refractivity contribution < 1.29 is 42.1 Å². The van der Waals surface area contributed by atoms with Gasteiger partial charge in [0, 0.05) is 6.42 Å². The van der Waals surface area contributed by atoms with Gasteiger partial charge in [-0.25, -0.2) is 4.57 Å². The van der Waals surface area contributed by atoms with Crippen molar-refractivity contribution in [1.82, 2.24) is 0 Å². The van der Waals surface area contributed by atoms with E-state index in [1.165, 1.54) is 103 Å². The number of carbonyl (C=O) groups is 2. The standard InChI is InChI=1S/C42H82NO8P/c1-7-9-11-13-15-17-19-20-21-22-24-26-28-30-32-34-41(44)51-40(38-50-52(46,47)49-36-35-43(4,5)6)37-48-42(45)39(3)33-31-29-27-25-23-18-16-14-12-10-8-2/h20-21,39-40H,7-19,22-38H2,1-6H3/p+1/b21-20+. The zero-order valence-electron chi connectivity index (χ0n) is 34.7. The van der Waals surface area contributed by atoms with Crippen molar-refractivity contribution in [2.75, 3.05) is 47.5 Å². The van der Waals surface area contributed by atoms with E-state index in [1.807, 2.05) is 28.1 Å². The number of quaternary nitrogens is 1. The van der Waals surface area contributed by atoms with Gasteiger partial charge in [0.2, 0.25) is 0 Å². The lowest BCUT2D eigenvalue weighted by Gasteiger charge is -2.24. The second kappa shape index (κ2) is 34.3. The molecule has 0 aliphatic carbocycles. The van der Waals surface area contributed by atoms with Crippen LogP contribution in [0.15, 0.2) is 12.2 Å². The van der Waals surface area contributed by atoms with Crippen LogP contribution in [-0.4, -0.2) is 74.9 Å². The van der Waals surface area contributed by atoms with E-state index in [4.69, 9.17) is 18.5 Å². The molecular weight excluding hydrogens is 677 g/mol. The van der Waals surface area contributed by atoms with Crippen LogP contribution in [0, 0.1) is 5.92 Å². The molecule has 0 amide bonds. The summed E-state index contributed by atoms with van der Waals surface area (Å²) in [5.41, 5.74) is 0. The summed E-state index contributed by atoms with van der Waals surface area (Å²) in [5.74, 6) is -1.08. The third-order valence-corrected chi connectivity index (χ3v) is 10.4. The Bertz CT molecular complexity index is 922. The van der Waals surface area contributed by atoms with E-state index in [0.717, 1.165) is 51.4 Å². The normalized spacial score (nSPS) is 14.4. The van der Waals surface area contributed by atoms with Crippen LogP contribution in [-0.2, 0) is 32.7 Å². The molecule has 0 radical (unpaired) electrons. The van der Waals surface area contributed by atoms with E-state index in [0.29, 0.717) is 17.4 Å². The number of hydrogen-bond donors (Lipinski definition) is 1. The van der Waals surface area contributed by atoms with Crippen LogP contribution in [0.5, 0.6) is 0 Å². The Morgan fingerprint density at radius 1 is 0.654 bits per heavy atom. The van der Waals surface area contributed by atoms with Crippen LogP contribution in [0.25, 0.3) is 0 Å². The molecule has 0 aliphatic heterocycles. The predicted octanol–water partition coefficient (Wildman–Crippen LogP) is 11.7. The molecule has 1 N–H and O–H groups in total. The number of phosphoric acid groups is 1. The van der Waals surface area contributed by atoms with E-state index in [2.05, 4.69) is 26.0 Å². The molecule has 0 spiro atoms.